The second-order valence-electron chi connectivity index (χ2n) is 6.51. The summed E-state index contributed by atoms with van der Waals surface area (Å²) in [6, 6.07) is 3.94. The minimum Gasteiger partial charge on any atom is -0.383 e. The van der Waals surface area contributed by atoms with Crippen molar-refractivity contribution in [3.8, 4) is 0 Å². The van der Waals surface area contributed by atoms with Crippen LogP contribution < -0.4 is 0 Å². The molecule has 0 aromatic carbocycles. The molecule has 124 valence electrons. The lowest BCUT2D eigenvalue weighted by molar-refractivity contribution is -0.0311. The summed E-state index contributed by atoms with van der Waals surface area (Å²) in [6.07, 6.45) is 3.18. The second kappa shape index (κ2) is 6.23. The highest BCUT2D eigenvalue weighted by Crippen LogP contribution is 2.32. The van der Waals surface area contributed by atoms with Gasteiger partial charge in [0.2, 0.25) is 0 Å². The van der Waals surface area contributed by atoms with Crippen molar-refractivity contribution in [1.29, 1.82) is 0 Å². The standard InChI is InChI=1S/C17H23ClN4O/c1-12-4-5-15(19-10-12)17(23)6-8-22(9-7-17)11-14-13(2)20-21(3)16(14)18/h4-5,10,23H,6-9,11H2,1-3H3. The molecule has 6 heteroatoms. The number of aromatic nitrogens is 3. The molecule has 0 aliphatic carbocycles. The van der Waals surface area contributed by atoms with Crippen LogP contribution in [0.3, 0.4) is 0 Å². The third-order valence-electron chi connectivity index (χ3n) is 4.72. The van der Waals surface area contributed by atoms with Crippen molar-refractivity contribution in [3.63, 3.8) is 0 Å². The number of pyridine rings is 1. The molecule has 1 aliphatic rings. The van der Waals surface area contributed by atoms with Crippen molar-refractivity contribution < 1.29 is 5.11 Å². The zero-order valence-corrected chi connectivity index (χ0v) is 14.6. The number of halogens is 1. The van der Waals surface area contributed by atoms with Gasteiger partial charge in [-0.2, -0.15) is 5.10 Å². The number of piperidine rings is 1. The summed E-state index contributed by atoms with van der Waals surface area (Å²) in [5.41, 5.74) is 3.11. The van der Waals surface area contributed by atoms with Crippen LogP contribution >= 0.6 is 11.6 Å². The molecule has 1 aliphatic heterocycles. The number of hydrogen-bond acceptors (Lipinski definition) is 4. The van der Waals surface area contributed by atoms with Crippen molar-refractivity contribution in [2.24, 2.45) is 7.05 Å². The summed E-state index contributed by atoms with van der Waals surface area (Å²) < 4.78 is 1.71. The molecule has 2 aromatic heterocycles. The van der Waals surface area contributed by atoms with Gasteiger partial charge in [-0.1, -0.05) is 17.7 Å². The number of nitrogens with zero attached hydrogens (tertiary/aromatic N) is 4. The summed E-state index contributed by atoms with van der Waals surface area (Å²) in [6.45, 7) is 6.39. The van der Waals surface area contributed by atoms with E-state index < -0.39 is 5.60 Å². The maximum absolute atomic E-state index is 10.9. The molecule has 5 nitrogen and oxygen atoms in total. The number of hydrogen-bond donors (Lipinski definition) is 1. The molecule has 1 fully saturated rings. The van der Waals surface area contributed by atoms with Gasteiger partial charge in [-0.05, 0) is 38.3 Å². The molecule has 3 rings (SSSR count). The molecule has 0 spiro atoms. The predicted octanol–water partition coefficient (Wildman–Crippen LogP) is 2.57. The Bertz CT molecular complexity index is 687. The molecular weight excluding hydrogens is 312 g/mol. The van der Waals surface area contributed by atoms with Crippen LogP contribution in [0.15, 0.2) is 18.3 Å². The van der Waals surface area contributed by atoms with Crippen molar-refractivity contribution in [3.05, 3.63) is 46.0 Å². The molecular formula is C17H23ClN4O. The SMILES string of the molecule is Cc1ccc(C2(O)CCN(Cc3c(C)nn(C)c3Cl)CC2)nc1. The van der Waals surface area contributed by atoms with E-state index in [1.807, 2.05) is 39.2 Å². The van der Waals surface area contributed by atoms with Crippen LogP contribution in [-0.2, 0) is 19.2 Å². The Morgan fingerprint density at radius 1 is 1.26 bits per heavy atom. The molecule has 0 saturated carbocycles. The molecule has 0 bridgehead atoms. The first-order valence-corrected chi connectivity index (χ1v) is 8.33. The summed E-state index contributed by atoms with van der Waals surface area (Å²) in [7, 11) is 1.86. The van der Waals surface area contributed by atoms with Crippen LogP contribution in [0.5, 0.6) is 0 Å². The highest BCUT2D eigenvalue weighted by Gasteiger charge is 2.35. The molecule has 2 aromatic rings. The molecule has 0 atom stereocenters. The van der Waals surface area contributed by atoms with E-state index in [9.17, 15) is 5.11 Å². The Hall–Kier alpha value is -1.43. The van der Waals surface area contributed by atoms with Gasteiger partial charge >= 0.3 is 0 Å². The van der Waals surface area contributed by atoms with E-state index >= 15 is 0 Å². The lowest BCUT2D eigenvalue weighted by Gasteiger charge is -2.37. The van der Waals surface area contributed by atoms with E-state index in [-0.39, 0.29) is 0 Å². The first kappa shape index (κ1) is 16.4. The van der Waals surface area contributed by atoms with Gasteiger partial charge in [0.25, 0.3) is 0 Å². The monoisotopic (exact) mass is 334 g/mol. The fourth-order valence-corrected chi connectivity index (χ4v) is 3.39. The van der Waals surface area contributed by atoms with E-state index in [1.165, 1.54) is 0 Å². The molecule has 23 heavy (non-hydrogen) atoms. The fraction of sp³-hybridized carbons (Fsp3) is 0.529. The van der Waals surface area contributed by atoms with Crippen LogP contribution in [0.1, 0.15) is 35.4 Å². The number of likely N-dealkylation sites (tertiary alicyclic amines) is 1. The van der Waals surface area contributed by atoms with E-state index in [1.54, 1.807) is 4.68 Å². The van der Waals surface area contributed by atoms with Crippen LogP contribution in [0, 0.1) is 13.8 Å². The topological polar surface area (TPSA) is 54.2 Å². The Balaban J connectivity index is 1.67. The maximum atomic E-state index is 10.9. The van der Waals surface area contributed by atoms with E-state index in [0.29, 0.717) is 18.0 Å². The van der Waals surface area contributed by atoms with Crippen LogP contribution in [0.4, 0.5) is 0 Å². The summed E-state index contributed by atoms with van der Waals surface area (Å²) in [5.74, 6) is 0. The van der Waals surface area contributed by atoms with Gasteiger partial charge in [0.05, 0.1) is 11.4 Å². The maximum Gasteiger partial charge on any atom is 0.131 e. The molecule has 0 radical (unpaired) electrons. The van der Waals surface area contributed by atoms with E-state index in [0.717, 1.165) is 42.1 Å². The normalized spacial score (nSPS) is 18.3. The fourth-order valence-electron chi connectivity index (χ4n) is 3.16. The Kier molecular flexibility index (Phi) is 4.45. The quantitative estimate of drug-likeness (QED) is 0.937. The molecule has 1 N–H and O–H groups in total. The first-order chi connectivity index (χ1) is 10.9. The number of rotatable bonds is 3. The van der Waals surface area contributed by atoms with Gasteiger partial charge in [0.1, 0.15) is 10.8 Å². The molecule has 0 unspecified atom stereocenters. The summed E-state index contributed by atoms with van der Waals surface area (Å²) in [4.78, 5) is 6.73. The number of aryl methyl sites for hydroxylation is 3. The van der Waals surface area contributed by atoms with Crippen molar-refractivity contribution in [1.82, 2.24) is 19.7 Å². The summed E-state index contributed by atoms with van der Waals surface area (Å²) >= 11 is 6.31. The Morgan fingerprint density at radius 2 is 1.96 bits per heavy atom. The van der Waals surface area contributed by atoms with Gasteiger partial charge in [0.15, 0.2) is 0 Å². The average molecular weight is 335 g/mol. The summed E-state index contributed by atoms with van der Waals surface area (Å²) in [5, 5.41) is 16.0. The Labute approximate surface area is 141 Å². The lowest BCUT2D eigenvalue weighted by atomic mass is 9.87. The zero-order valence-electron chi connectivity index (χ0n) is 13.9. The average Bonchev–Trinajstić information content (AvgIpc) is 2.76. The number of aliphatic hydroxyl groups is 1. The predicted molar refractivity (Wildman–Crippen MR) is 90.3 cm³/mol. The van der Waals surface area contributed by atoms with Crippen molar-refractivity contribution in [2.45, 2.75) is 38.8 Å². The van der Waals surface area contributed by atoms with Crippen molar-refractivity contribution in [2.75, 3.05) is 13.1 Å². The van der Waals surface area contributed by atoms with Crippen LogP contribution in [-0.4, -0.2) is 37.9 Å². The third-order valence-corrected chi connectivity index (χ3v) is 5.20. The second-order valence-corrected chi connectivity index (χ2v) is 6.86. The van der Waals surface area contributed by atoms with Crippen LogP contribution in [0.2, 0.25) is 5.15 Å². The smallest absolute Gasteiger partial charge is 0.131 e. The van der Waals surface area contributed by atoms with Gasteiger partial charge in [0, 0.05) is 38.4 Å². The minimum atomic E-state index is -0.821. The van der Waals surface area contributed by atoms with Crippen LogP contribution in [0.25, 0.3) is 0 Å². The highest BCUT2D eigenvalue weighted by molar-refractivity contribution is 6.30. The lowest BCUT2D eigenvalue weighted by Crippen LogP contribution is -2.42. The zero-order chi connectivity index (χ0) is 16.6. The van der Waals surface area contributed by atoms with Gasteiger partial charge in [-0.3, -0.25) is 14.6 Å². The third kappa shape index (κ3) is 3.27. The van der Waals surface area contributed by atoms with E-state index in [2.05, 4.69) is 15.0 Å². The molecule has 3 heterocycles. The first-order valence-electron chi connectivity index (χ1n) is 7.95. The molecule has 0 amide bonds. The Morgan fingerprint density at radius 3 is 2.48 bits per heavy atom. The molecule has 1 saturated heterocycles. The van der Waals surface area contributed by atoms with Gasteiger partial charge in [-0.25, -0.2) is 0 Å². The largest absolute Gasteiger partial charge is 0.383 e. The van der Waals surface area contributed by atoms with Gasteiger partial charge in [-0.15, -0.1) is 0 Å². The highest BCUT2D eigenvalue weighted by atomic mass is 35.5. The van der Waals surface area contributed by atoms with E-state index in [4.69, 9.17) is 11.6 Å². The minimum absolute atomic E-state index is 0.681. The van der Waals surface area contributed by atoms with Gasteiger partial charge < -0.3 is 5.11 Å². The van der Waals surface area contributed by atoms with Crippen molar-refractivity contribution >= 4 is 11.6 Å².